The fourth-order valence-corrected chi connectivity index (χ4v) is 2.15. The molecule has 0 radical (unpaired) electrons. The Morgan fingerprint density at radius 3 is 2.64 bits per heavy atom. The summed E-state index contributed by atoms with van der Waals surface area (Å²) in [5, 5.41) is 10.9. The first-order valence-corrected chi connectivity index (χ1v) is 5.01. The zero-order valence-corrected chi connectivity index (χ0v) is 8.11. The number of aliphatic hydroxyl groups is 1. The van der Waals surface area contributed by atoms with E-state index in [4.69, 9.17) is 0 Å². The first-order valence-electron chi connectivity index (χ1n) is 4.02. The van der Waals surface area contributed by atoms with E-state index in [1.54, 1.807) is 11.8 Å². The predicted octanol–water partition coefficient (Wildman–Crippen LogP) is 1.89. The molecule has 0 aromatic rings. The first-order chi connectivity index (χ1) is 5.08. The Hall–Kier alpha value is -0.0200. The summed E-state index contributed by atoms with van der Waals surface area (Å²) < 4.78 is 0. The van der Waals surface area contributed by atoms with Crippen LogP contribution in [0.3, 0.4) is 0 Å². The van der Waals surface area contributed by atoms with Gasteiger partial charge in [0.25, 0.3) is 0 Å². The van der Waals surface area contributed by atoms with E-state index in [0.717, 1.165) is 17.2 Å². The van der Waals surface area contributed by atoms with Crippen LogP contribution in [0.15, 0.2) is 4.99 Å². The molecule has 0 fully saturated rings. The Labute approximate surface area is 72.1 Å². The minimum Gasteiger partial charge on any atom is -0.368 e. The van der Waals surface area contributed by atoms with Crippen LogP contribution in [0.5, 0.6) is 0 Å². The highest BCUT2D eigenvalue weighted by Gasteiger charge is 2.35. The topological polar surface area (TPSA) is 32.6 Å². The molecule has 1 aliphatic heterocycles. The fraction of sp³-hybridized carbons (Fsp3) is 0.875. The molecule has 1 aliphatic rings. The number of thioether (sulfide) groups is 1. The highest BCUT2D eigenvalue weighted by molar-refractivity contribution is 8.14. The van der Waals surface area contributed by atoms with Gasteiger partial charge in [0.05, 0.1) is 5.04 Å². The Morgan fingerprint density at radius 1 is 1.73 bits per heavy atom. The lowest BCUT2D eigenvalue weighted by atomic mass is 10.0. The summed E-state index contributed by atoms with van der Waals surface area (Å²) >= 11 is 1.68. The maximum absolute atomic E-state index is 9.86. The van der Waals surface area contributed by atoms with Crippen LogP contribution in [0, 0.1) is 5.92 Å². The van der Waals surface area contributed by atoms with Gasteiger partial charge in [0.2, 0.25) is 0 Å². The molecule has 1 rings (SSSR count). The van der Waals surface area contributed by atoms with Crippen LogP contribution in [0.25, 0.3) is 0 Å². The van der Waals surface area contributed by atoms with E-state index in [1.807, 2.05) is 13.8 Å². The van der Waals surface area contributed by atoms with Crippen molar-refractivity contribution in [1.29, 1.82) is 0 Å². The minimum absolute atomic E-state index is 0.221. The molecule has 0 unspecified atom stereocenters. The second kappa shape index (κ2) is 3.15. The van der Waals surface area contributed by atoms with Crippen molar-refractivity contribution >= 4 is 16.8 Å². The zero-order valence-electron chi connectivity index (χ0n) is 7.29. The van der Waals surface area contributed by atoms with E-state index in [9.17, 15) is 5.11 Å². The highest BCUT2D eigenvalue weighted by Crippen LogP contribution is 2.32. The van der Waals surface area contributed by atoms with Crippen molar-refractivity contribution in [2.24, 2.45) is 10.9 Å². The highest BCUT2D eigenvalue weighted by atomic mass is 32.2. The van der Waals surface area contributed by atoms with Crippen molar-refractivity contribution in [1.82, 2.24) is 0 Å². The third-order valence-electron chi connectivity index (χ3n) is 2.00. The number of rotatable bonds is 2. The molecule has 0 amide bonds. The summed E-state index contributed by atoms with van der Waals surface area (Å²) in [7, 11) is 0. The van der Waals surface area contributed by atoms with Crippen molar-refractivity contribution in [3.8, 4) is 0 Å². The fourth-order valence-electron chi connectivity index (χ4n) is 0.947. The molecule has 3 heteroatoms. The van der Waals surface area contributed by atoms with Crippen LogP contribution < -0.4 is 0 Å². The van der Waals surface area contributed by atoms with Gasteiger partial charge in [-0.05, 0) is 6.42 Å². The Bertz CT molecular complexity index is 179. The molecule has 0 saturated carbocycles. The molecule has 11 heavy (non-hydrogen) atoms. The molecule has 2 nitrogen and oxygen atoms in total. The van der Waals surface area contributed by atoms with Gasteiger partial charge in [0.15, 0.2) is 5.72 Å². The summed E-state index contributed by atoms with van der Waals surface area (Å²) in [5.41, 5.74) is -0.782. The van der Waals surface area contributed by atoms with E-state index < -0.39 is 5.72 Å². The summed E-state index contributed by atoms with van der Waals surface area (Å²) in [5.74, 6) is 0.951. The third-order valence-corrected chi connectivity index (χ3v) is 3.28. The van der Waals surface area contributed by atoms with Crippen molar-refractivity contribution in [3.05, 3.63) is 0 Å². The molecular formula is C8H15NOS. The van der Waals surface area contributed by atoms with E-state index in [1.165, 1.54) is 0 Å². The lowest BCUT2D eigenvalue weighted by molar-refractivity contribution is 0.0302. The van der Waals surface area contributed by atoms with Crippen LogP contribution in [-0.4, -0.2) is 21.6 Å². The summed E-state index contributed by atoms with van der Waals surface area (Å²) in [6.45, 7) is 6.07. The predicted molar refractivity (Wildman–Crippen MR) is 50.0 cm³/mol. The first kappa shape index (κ1) is 9.07. The SMILES string of the molecule is CCC1=N[C@](O)(C(C)C)CS1. The van der Waals surface area contributed by atoms with E-state index in [0.29, 0.717) is 0 Å². The zero-order chi connectivity index (χ0) is 8.48. The van der Waals surface area contributed by atoms with Crippen molar-refractivity contribution in [2.75, 3.05) is 5.75 Å². The molecule has 0 aromatic heterocycles. The van der Waals surface area contributed by atoms with Gasteiger partial charge in [-0.3, -0.25) is 0 Å². The van der Waals surface area contributed by atoms with Gasteiger partial charge in [-0.25, -0.2) is 4.99 Å². The number of aliphatic imine (C=N–C) groups is 1. The third kappa shape index (κ3) is 1.76. The van der Waals surface area contributed by atoms with Crippen LogP contribution in [0.2, 0.25) is 0 Å². The smallest absolute Gasteiger partial charge is 0.168 e. The van der Waals surface area contributed by atoms with Gasteiger partial charge < -0.3 is 5.11 Å². The second-order valence-electron chi connectivity index (χ2n) is 3.18. The molecule has 0 saturated heterocycles. The maximum Gasteiger partial charge on any atom is 0.168 e. The summed E-state index contributed by atoms with van der Waals surface area (Å²) in [6, 6.07) is 0. The lowest BCUT2D eigenvalue weighted by Crippen LogP contribution is -2.32. The van der Waals surface area contributed by atoms with E-state index >= 15 is 0 Å². The van der Waals surface area contributed by atoms with Gasteiger partial charge in [-0.2, -0.15) is 0 Å². The molecule has 0 aliphatic carbocycles. The number of hydrogen-bond donors (Lipinski definition) is 1. The largest absolute Gasteiger partial charge is 0.368 e. The summed E-state index contributed by atoms with van der Waals surface area (Å²) in [6.07, 6.45) is 0.944. The molecule has 1 heterocycles. The van der Waals surface area contributed by atoms with Crippen LogP contribution in [0.4, 0.5) is 0 Å². The average Bonchev–Trinajstić information content (AvgIpc) is 2.33. The van der Waals surface area contributed by atoms with Crippen molar-refractivity contribution < 1.29 is 5.11 Å². The van der Waals surface area contributed by atoms with Gasteiger partial charge in [-0.15, -0.1) is 11.8 Å². The van der Waals surface area contributed by atoms with Gasteiger partial charge in [0.1, 0.15) is 0 Å². The van der Waals surface area contributed by atoms with Gasteiger partial charge >= 0.3 is 0 Å². The summed E-state index contributed by atoms with van der Waals surface area (Å²) in [4.78, 5) is 4.27. The van der Waals surface area contributed by atoms with Crippen LogP contribution >= 0.6 is 11.8 Å². The number of hydrogen-bond acceptors (Lipinski definition) is 3. The lowest BCUT2D eigenvalue weighted by Gasteiger charge is -2.22. The molecule has 64 valence electrons. The molecule has 0 aromatic carbocycles. The maximum atomic E-state index is 9.86. The molecule has 1 N–H and O–H groups in total. The van der Waals surface area contributed by atoms with Crippen LogP contribution in [-0.2, 0) is 0 Å². The van der Waals surface area contributed by atoms with E-state index in [2.05, 4.69) is 11.9 Å². The van der Waals surface area contributed by atoms with Crippen LogP contribution in [0.1, 0.15) is 27.2 Å². The molecular weight excluding hydrogens is 158 g/mol. The average molecular weight is 173 g/mol. The Morgan fingerprint density at radius 2 is 2.36 bits per heavy atom. The standard InChI is InChI=1S/C8H15NOS/c1-4-7-9-8(10,5-11-7)6(2)3/h6,10H,4-5H2,1-3H3/t8-/m1/s1. The van der Waals surface area contributed by atoms with Gasteiger partial charge in [0, 0.05) is 11.7 Å². The Balaban J connectivity index is 2.70. The second-order valence-corrected chi connectivity index (χ2v) is 4.23. The van der Waals surface area contributed by atoms with Crippen molar-refractivity contribution in [2.45, 2.75) is 32.9 Å². The van der Waals surface area contributed by atoms with Gasteiger partial charge in [-0.1, -0.05) is 20.8 Å². The normalized spacial score (nSPS) is 31.2. The quantitative estimate of drug-likeness (QED) is 0.691. The number of nitrogens with zero attached hydrogens (tertiary/aromatic N) is 1. The molecule has 0 bridgehead atoms. The molecule has 0 spiro atoms. The Kier molecular flexibility index (Phi) is 2.60. The van der Waals surface area contributed by atoms with E-state index in [-0.39, 0.29) is 5.92 Å². The minimum atomic E-state index is -0.782. The van der Waals surface area contributed by atoms with Crippen molar-refractivity contribution in [3.63, 3.8) is 0 Å². The molecule has 1 atom stereocenters. The monoisotopic (exact) mass is 173 g/mol.